The van der Waals surface area contributed by atoms with Crippen LogP contribution in [0.15, 0.2) is 18.2 Å². The molecule has 0 radical (unpaired) electrons. The van der Waals surface area contributed by atoms with Crippen molar-refractivity contribution in [3.8, 4) is 0 Å². The molecule has 1 saturated heterocycles. The van der Waals surface area contributed by atoms with Crippen molar-refractivity contribution in [1.82, 2.24) is 5.32 Å². The second kappa shape index (κ2) is 5.91. The van der Waals surface area contributed by atoms with Crippen LogP contribution in [-0.2, 0) is 0 Å². The van der Waals surface area contributed by atoms with E-state index in [1.807, 2.05) is 6.07 Å². The lowest BCUT2D eigenvalue weighted by Gasteiger charge is -2.21. The van der Waals surface area contributed by atoms with Gasteiger partial charge in [-0.3, -0.25) is 0 Å². The summed E-state index contributed by atoms with van der Waals surface area (Å²) in [5.74, 6) is 0. The van der Waals surface area contributed by atoms with Crippen LogP contribution >= 0.6 is 11.6 Å². The number of halogens is 1. The first-order valence-corrected chi connectivity index (χ1v) is 6.95. The van der Waals surface area contributed by atoms with E-state index in [1.165, 1.54) is 5.56 Å². The lowest BCUT2D eigenvalue weighted by Crippen LogP contribution is -2.22. The number of aliphatic hydroxyl groups excluding tert-OH is 1. The Morgan fingerprint density at radius 2 is 2.33 bits per heavy atom. The topological polar surface area (TPSA) is 35.5 Å². The van der Waals surface area contributed by atoms with E-state index < -0.39 is 0 Å². The maximum Gasteiger partial charge on any atom is 0.0731 e. The fourth-order valence-corrected chi connectivity index (χ4v) is 2.74. The van der Waals surface area contributed by atoms with Crippen molar-refractivity contribution in [3.63, 3.8) is 0 Å². The van der Waals surface area contributed by atoms with Gasteiger partial charge < -0.3 is 15.3 Å². The fourth-order valence-electron chi connectivity index (χ4n) is 2.43. The largest absolute Gasteiger partial charge is 0.391 e. The van der Waals surface area contributed by atoms with Gasteiger partial charge in [0.1, 0.15) is 0 Å². The van der Waals surface area contributed by atoms with E-state index in [0.29, 0.717) is 12.6 Å². The molecule has 2 unspecified atom stereocenters. The lowest BCUT2D eigenvalue weighted by molar-refractivity contribution is 0.198. The van der Waals surface area contributed by atoms with Gasteiger partial charge in [-0.05, 0) is 37.6 Å². The Bertz CT molecular complexity index is 411. The van der Waals surface area contributed by atoms with Crippen molar-refractivity contribution >= 4 is 17.3 Å². The van der Waals surface area contributed by atoms with E-state index in [0.717, 1.165) is 30.2 Å². The quantitative estimate of drug-likeness (QED) is 0.881. The Morgan fingerprint density at radius 3 is 2.89 bits per heavy atom. The third-order valence-corrected chi connectivity index (χ3v) is 3.79. The molecule has 3 nitrogen and oxygen atoms in total. The second-order valence-electron chi connectivity index (χ2n) is 4.88. The normalized spacial score (nSPS) is 21.3. The van der Waals surface area contributed by atoms with E-state index in [-0.39, 0.29) is 6.10 Å². The molecular weight excluding hydrogens is 248 g/mol. The summed E-state index contributed by atoms with van der Waals surface area (Å²) in [5.41, 5.74) is 2.23. The molecule has 0 saturated carbocycles. The molecule has 1 aliphatic rings. The van der Waals surface area contributed by atoms with Crippen LogP contribution in [-0.4, -0.2) is 30.8 Å². The summed E-state index contributed by atoms with van der Waals surface area (Å²) in [4.78, 5) is 2.15. The fraction of sp³-hybridized carbons (Fsp3) is 0.571. The van der Waals surface area contributed by atoms with Crippen LogP contribution in [0, 0.1) is 0 Å². The molecule has 100 valence electrons. The van der Waals surface area contributed by atoms with Gasteiger partial charge in [-0.25, -0.2) is 0 Å². The SMILES string of the molecule is CCNC(C)c1ccc(N2CCC(O)C2)c(Cl)c1. The van der Waals surface area contributed by atoms with Crippen LogP contribution in [0.5, 0.6) is 0 Å². The molecule has 1 aromatic carbocycles. The van der Waals surface area contributed by atoms with Crippen LogP contribution in [0.25, 0.3) is 0 Å². The number of nitrogens with zero attached hydrogens (tertiary/aromatic N) is 1. The standard InChI is InChI=1S/C14H21ClN2O/c1-3-16-10(2)11-4-5-14(13(15)8-11)17-7-6-12(18)9-17/h4-5,8,10,12,16,18H,3,6-7,9H2,1-2H3. The molecule has 18 heavy (non-hydrogen) atoms. The van der Waals surface area contributed by atoms with Gasteiger partial charge in [-0.1, -0.05) is 24.6 Å². The van der Waals surface area contributed by atoms with Crippen molar-refractivity contribution in [2.75, 3.05) is 24.5 Å². The number of anilines is 1. The monoisotopic (exact) mass is 268 g/mol. The number of hydrogen-bond donors (Lipinski definition) is 2. The Kier molecular flexibility index (Phi) is 4.49. The Labute approximate surface area is 114 Å². The maximum absolute atomic E-state index is 9.57. The first-order valence-electron chi connectivity index (χ1n) is 6.57. The molecule has 0 bridgehead atoms. The molecule has 2 atom stereocenters. The summed E-state index contributed by atoms with van der Waals surface area (Å²) in [6, 6.07) is 6.50. The van der Waals surface area contributed by atoms with Crippen LogP contribution < -0.4 is 10.2 Å². The summed E-state index contributed by atoms with van der Waals surface area (Å²) in [7, 11) is 0. The van der Waals surface area contributed by atoms with Crippen LogP contribution in [0.4, 0.5) is 5.69 Å². The molecule has 0 aliphatic carbocycles. The van der Waals surface area contributed by atoms with E-state index in [9.17, 15) is 5.11 Å². The number of β-amino-alcohol motifs (C(OH)–C–C–N with tert-alkyl or cyclic N) is 1. The summed E-state index contributed by atoms with van der Waals surface area (Å²) in [6.45, 7) is 6.73. The molecule has 1 aliphatic heterocycles. The predicted octanol–water partition coefficient (Wildman–Crippen LogP) is 2.58. The summed E-state index contributed by atoms with van der Waals surface area (Å²) in [5, 5.41) is 13.7. The van der Waals surface area contributed by atoms with Crippen LogP contribution in [0.1, 0.15) is 31.9 Å². The number of aliphatic hydroxyl groups is 1. The number of nitrogens with one attached hydrogen (secondary N) is 1. The minimum absolute atomic E-state index is 0.221. The lowest BCUT2D eigenvalue weighted by atomic mass is 10.1. The Hall–Kier alpha value is -0.770. The molecule has 2 N–H and O–H groups in total. The van der Waals surface area contributed by atoms with Crippen molar-refractivity contribution in [2.45, 2.75) is 32.4 Å². The van der Waals surface area contributed by atoms with Gasteiger partial charge in [0.25, 0.3) is 0 Å². The molecule has 0 aromatic heterocycles. The molecule has 0 amide bonds. The van der Waals surface area contributed by atoms with Gasteiger partial charge in [-0.2, -0.15) is 0 Å². The van der Waals surface area contributed by atoms with Crippen LogP contribution in [0.3, 0.4) is 0 Å². The third kappa shape index (κ3) is 2.97. The summed E-state index contributed by atoms with van der Waals surface area (Å²) in [6.07, 6.45) is 0.604. The zero-order valence-electron chi connectivity index (χ0n) is 11.0. The van der Waals surface area contributed by atoms with Crippen molar-refractivity contribution < 1.29 is 5.11 Å². The van der Waals surface area contributed by atoms with E-state index in [4.69, 9.17) is 11.6 Å². The van der Waals surface area contributed by atoms with Gasteiger partial charge >= 0.3 is 0 Å². The first-order chi connectivity index (χ1) is 8.61. The molecule has 1 aromatic rings. The zero-order valence-corrected chi connectivity index (χ0v) is 11.7. The van der Waals surface area contributed by atoms with E-state index in [2.05, 4.69) is 36.2 Å². The highest BCUT2D eigenvalue weighted by atomic mass is 35.5. The number of hydrogen-bond acceptors (Lipinski definition) is 3. The molecular formula is C14H21ClN2O. The van der Waals surface area contributed by atoms with E-state index >= 15 is 0 Å². The van der Waals surface area contributed by atoms with Gasteiger partial charge in [0.2, 0.25) is 0 Å². The molecule has 1 heterocycles. The third-order valence-electron chi connectivity index (χ3n) is 3.49. The van der Waals surface area contributed by atoms with Crippen LogP contribution in [0.2, 0.25) is 5.02 Å². The van der Waals surface area contributed by atoms with Crippen molar-refractivity contribution in [1.29, 1.82) is 0 Å². The minimum Gasteiger partial charge on any atom is -0.391 e. The number of benzene rings is 1. The highest BCUT2D eigenvalue weighted by Crippen LogP contribution is 2.31. The van der Waals surface area contributed by atoms with Crippen molar-refractivity contribution in [2.24, 2.45) is 0 Å². The second-order valence-corrected chi connectivity index (χ2v) is 5.29. The van der Waals surface area contributed by atoms with Gasteiger partial charge in [0, 0.05) is 19.1 Å². The highest BCUT2D eigenvalue weighted by Gasteiger charge is 2.22. The predicted molar refractivity (Wildman–Crippen MR) is 76.4 cm³/mol. The Balaban J connectivity index is 2.15. The van der Waals surface area contributed by atoms with Gasteiger partial charge in [-0.15, -0.1) is 0 Å². The van der Waals surface area contributed by atoms with Gasteiger partial charge in [0.15, 0.2) is 0 Å². The Morgan fingerprint density at radius 1 is 1.56 bits per heavy atom. The summed E-state index contributed by atoms with van der Waals surface area (Å²) >= 11 is 6.35. The van der Waals surface area contributed by atoms with E-state index in [1.54, 1.807) is 0 Å². The zero-order chi connectivity index (χ0) is 13.1. The maximum atomic E-state index is 9.57. The smallest absolute Gasteiger partial charge is 0.0731 e. The molecule has 2 rings (SSSR count). The molecule has 4 heteroatoms. The minimum atomic E-state index is -0.221. The van der Waals surface area contributed by atoms with Crippen molar-refractivity contribution in [3.05, 3.63) is 28.8 Å². The first kappa shape index (κ1) is 13.7. The summed E-state index contributed by atoms with van der Waals surface area (Å²) < 4.78 is 0. The number of rotatable bonds is 4. The average molecular weight is 269 g/mol. The average Bonchev–Trinajstić information content (AvgIpc) is 2.76. The molecule has 1 fully saturated rings. The molecule has 0 spiro atoms. The highest BCUT2D eigenvalue weighted by molar-refractivity contribution is 6.33. The van der Waals surface area contributed by atoms with Gasteiger partial charge in [0.05, 0.1) is 16.8 Å².